The first-order valence-corrected chi connectivity index (χ1v) is 7.90. The van der Waals surface area contributed by atoms with Crippen LogP contribution < -0.4 is 10.1 Å². The van der Waals surface area contributed by atoms with Gasteiger partial charge in [0.25, 0.3) is 5.91 Å². The average Bonchev–Trinajstić information content (AvgIpc) is 2.67. The van der Waals surface area contributed by atoms with Gasteiger partial charge in [0, 0.05) is 12.7 Å². The van der Waals surface area contributed by atoms with Crippen molar-refractivity contribution in [1.82, 2.24) is 10.3 Å². The van der Waals surface area contributed by atoms with Crippen LogP contribution in [0.3, 0.4) is 0 Å². The van der Waals surface area contributed by atoms with Crippen molar-refractivity contribution in [3.8, 4) is 11.5 Å². The second-order valence-corrected chi connectivity index (χ2v) is 5.40. The van der Waals surface area contributed by atoms with Crippen molar-refractivity contribution in [1.29, 1.82) is 0 Å². The van der Waals surface area contributed by atoms with Crippen molar-refractivity contribution in [3.05, 3.63) is 89.7 Å². The Morgan fingerprint density at radius 1 is 1.00 bits per heavy atom. The molecule has 0 aliphatic rings. The molecule has 2 N–H and O–H groups in total. The summed E-state index contributed by atoms with van der Waals surface area (Å²) in [6.07, 6.45) is 3.25. The number of aliphatic hydroxyl groups is 1. The molecule has 0 saturated carbocycles. The largest absolute Gasteiger partial charge is 0.455 e. The van der Waals surface area contributed by atoms with Gasteiger partial charge >= 0.3 is 0 Å². The van der Waals surface area contributed by atoms with Gasteiger partial charge in [-0.1, -0.05) is 36.4 Å². The number of aliphatic hydroxyl groups excluding tert-OH is 1. The highest BCUT2D eigenvalue weighted by Crippen LogP contribution is 2.24. The first-order valence-electron chi connectivity index (χ1n) is 7.90. The summed E-state index contributed by atoms with van der Waals surface area (Å²) >= 11 is 0. The number of aromatic nitrogens is 1. The highest BCUT2D eigenvalue weighted by molar-refractivity contribution is 5.97. The molecule has 1 aromatic heterocycles. The van der Waals surface area contributed by atoms with E-state index in [1.54, 1.807) is 42.7 Å². The van der Waals surface area contributed by atoms with E-state index < -0.39 is 0 Å². The number of nitrogens with zero attached hydrogens (tertiary/aromatic N) is 1. The lowest BCUT2D eigenvalue weighted by Crippen LogP contribution is -2.23. The third-order valence-corrected chi connectivity index (χ3v) is 3.72. The fourth-order valence-electron chi connectivity index (χ4n) is 2.43. The van der Waals surface area contributed by atoms with Crippen LogP contribution in [0.2, 0.25) is 0 Å². The first-order chi connectivity index (χ1) is 12.3. The van der Waals surface area contributed by atoms with Crippen LogP contribution >= 0.6 is 0 Å². The molecule has 0 spiro atoms. The van der Waals surface area contributed by atoms with Gasteiger partial charge in [-0.25, -0.2) is 0 Å². The molecule has 25 heavy (non-hydrogen) atoms. The topological polar surface area (TPSA) is 71.5 Å². The number of para-hydroxylation sites is 1. The number of carbonyl (C=O) groups is 1. The summed E-state index contributed by atoms with van der Waals surface area (Å²) in [6, 6.07) is 18.0. The van der Waals surface area contributed by atoms with Gasteiger partial charge in [-0.15, -0.1) is 0 Å². The van der Waals surface area contributed by atoms with E-state index in [0.29, 0.717) is 23.6 Å². The Labute approximate surface area is 145 Å². The van der Waals surface area contributed by atoms with Crippen LogP contribution in [0.5, 0.6) is 11.5 Å². The van der Waals surface area contributed by atoms with Gasteiger partial charge in [-0.3, -0.25) is 9.78 Å². The Bertz CT molecular complexity index is 850. The maximum Gasteiger partial charge on any atom is 0.255 e. The molecule has 2 aromatic carbocycles. The van der Waals surface area contributed by atoms with Gasteiger partial charge in [0.2, 0.25) is 0 Å². The Balaban J connectivity index is 1.74. The van der Waals surface area contributed by atoms with E-state index in [0.717, 1.165) is 11.1 Å². The lowest BCUT2D eigenvalue weighted by Gasteiger charge is -2.12. The van der Waals surface area contributed by atoms with Crippen molar-refractivity contribution in [3.63, 3.8) is 0 Å². The Morgan fingerprint density at radius 3 is 2.52 bits per heavy atom. The normalized spacial score (nSPS) is 10.3. The molecule has 0 unspecified atom stereocenters. The van der Waals surface area contributed by atoms with E-state index in [1.165, 1.54) is 0 Å². The first kappa shape index (κ1) is 16.7. The summed E-state index contributed by atoms with van der Waals surface area (Å²) in [6.45, 7) is 0.267. The summed E-state index contributed by atoms with van der Waals surface area (Å²) < 4.78 is 5.76. The standard InChI is InChI=1S/C20H18N2O3/c23-14-16-7-2-1-6-15(16)12-22-20(24)18-9-3-4-10-19(18)25-17-8-5-11-21-13-17/h1-11,13,23H,12,14H2,(H,22,24). The Hall–Kier alpha value is -3.18. The van der Waals surface area contributed by atoms with Crippen LogP contribution in [-0.2, 0) is 13.2 Å². The fraction of sp³-hybridized carbons (Fsp3) is 0.100. The minimum absolute atomic E-state index is 0.0627. The third-order valence-electron chi connectivity index (χ3n) is 3.72. The van der Waals surface area contributed by atoms with Crippen molar-refractivity contribution in [2.75, 3.05) is 0 Å². The fourth-order valence-corrected chi connectivity index (χ4v) is 2.43. The van der Waals surface area contributed by atoms with Gasteiger partial charge in [-0.05, 0) is 35.4 Å². The molecule has 0 aliphatic carbocycles. The van der Waals surface area contributed by atoms with Crippen LogP contribution in [0.4, 0.5) is 0 Å². The average molecular weight is 334 g/mol. The van der Waals surface area contributed by atoms with E-state index in [1.807, 2.05) is 30.3 Å². The maximum absolute atomic E-state index is 12.6. The Kier molecular flexibility index (Phi) is 5.39. The van der Waals surface area contributed by atoms with Gasteiger partial charge in [-0.2, -0.15) is 0 Å². The van der Waals surface area contributed by atoms with Crippen LogP contribution in [-0.4, -0.2) is 16.0 Å². The quantitative estimate of drug-likeness (QED) is 0.725. The number of rotatable bonds is 6. The highest BCUT2D eigenvalue weighted by Gasteiger charge is 2.13. The summed E-state index contributed by atoms with van der Waals surface area (Å²) in [5.74, 6) is 0.782. The van der Waals surface area contributed by atoms with E-state index in [-0.39, 0.29) is 12.5 Å². The molecule has 0 aliphatic heterocycles. The lowest BCUT2D eigenvalue weighted by atomic mass is 10.1. The van der Waals surface area contributed by atoms with E-state index in [9.17, 15) is 9.90 Å². The number of hydrogen-bond acceptors (Lipinski definition) is 4. The van der Waals surface area contributed by atoms with Crippen molar-refractivity contribution in [2.45, 2.75) is 13.2 Å². The summed E-state index contributed by atoms with van der Waals surface area (Å²) in [5.41, 5.74) is 2.11. The molecule has 126 valence electrons. The Morgan fingerprint density at radius 2 is 1.76 bits per heavy atom. The molecule has 0 fully saturated rings. The van der Waals surface area contributed by atoms with E-state index in [4.69, 9.17) is 4.74 Å². The number of amides is 1. The van der Waals surface area contributed by atoms with Gasteiger partial charge in [0.15, 0.2) is 0 Å². The van der Waals surface area contributed by atoms with Crippen LogP contribution in [0.15, 0.2) is 73.1 Å². The minimum Gasteiger partial charge on any atom is -0.455 e. The monoisotopic (exact) mass is 334 g/mol. The zero-order valence-electron chi connectivity index (χ0n) is 13.6. The van der Waals surface area contributed by atoms with E-state index in [2.05, 4.69) is 10.3 Å². The van der Waals surface area contributed by atoms with Crippen LogP contribution in [0.1, 0.15) is 21.5 Å². The van der Waals surface area contributed by atoms with Crippen molar-refractivity contribution in [2.24, 2.45) is 0 Å². The molecular weight excluding hydrogens is 316 g/mol. The van der Waals surface area contributed by atoms with Gasteiger partial charge in [0.1, 0.15) is 11.5 Å². The summed E-state index contributed by atoms with van der Waals surface area (Å²) in [5, 5.41) is 12.2. The number of carbonyl (C=O) groups excluding carboxylic acids is 1. The molecule has 3 rings (SSSR count). The summed E-state index contributed by atoms with van der Waals surface area (Å²) in [4.78, 5) is 16.6. The van der Waals surface area contributed by atoms with Gasteiger partial charge in [0.05, 0.1) is 18.4 Å². The number of pyridine rings is 1. The van der Waals surface area contributed by atoms with Crippen LogP contribution in [0, 0.1) is 0 Å². The maximum atomic E-state index is 12.6. The van der Waals surface area contributed by atoms with Crippen molar-refractivity contribution >= 4 is 5.91 Å². The molecule has 1 amide bonds. The SMILES string of the molecule is O=C(NCc1ccccc1CO)c1ccccc1Oc1cccnc1. The summed E-state index contributed by atoms with van der Waals surface area (Å²) in [7, 11) is 0. The zero-order chi connectivity index (χ0) is 17.5. The van der Waals surface area contributed by atoms with Crippen molar-refractivity contribution < 1.29 is 14.6 Å². The highest BCUT2D eigenvalue weighted by atomic mass is 16.5. The molecule has 5 heteroatoms. The molecular formula is C20H18N2O3. The molecule has 0 bridgehead atoms. The molecule has 5 nitrogen and oxygen atoms in total. The number of ether oxygens (including phenoxy) is 1. The number of hydrogen-bond donors (Lipinski definition) is 2. The predicted octanol–water partition coefficient (Wildman–Crippen LogP) is 3.30. The third kappa shape index (κ3) is 4.22. The second-order valence-electron chi connectivity index (χ2n) is 5.40. The molecule has 1 heterocycles. The van der Waals surface area contributed by atoms with Gasteiger partial charge < -0.3 is 15.2 Å². The second kappa shape index (κ2) is 8.08. The smallest absolute Gasteiger partial charge is 0.255 e. The molecule has 0 radical (unpaired) electrons. The number of benzene rings is 2. The predicted molar refractivity (Wildman–Crippen MR) is 94.3 cm³/mol. The van der Waals surface area contributed by atoms with E-state index >= 15 is 0 Å². The molecule has 3 aromatic rings. The number of nitrogens with one attached hydrogen (secondary N) is 1. The van der Waals surface area contributed by atoms with Crippen LogP contribution in [0.25, 0.3) is 0 Å². The lowest BCUT2D eigenvalue weighted by molar-refractivity contribution is 0.0948. The minimum atomic E-state index is -0.243. The zero-order valence-corrected chi connectivity index (χ0v) is 13.6. The molecule has 0 saturated heterocycles. The molecule has 0 atom stereocenters.